The van der Waals surface area contributed by atoms with Crippen LogP contribution in [0.25, 0.3) is 11.1 Å². The number of carbonyl (C=O) groups excluding carboxylic acids is 4. The molecular weight excluding hydrogens is 540 g/mol. The summed E-state index contributed by atoms with van der Waals surface area (Å²) >= 11 is 0. The number of hydrazine groups is 1. The Morgan fingerprint density at radius 2 is 1.29 bits per heavy atom. The maximum atomic E-state index is 12.9. The van der Waals surface area contributed by atoms with Crippen LogP contribution in [0.3, 0.4) is 0 Å². The highest BCUT2D eigenvalue weighted by Gasteiger charge is 2.29. The Balaban J connectivity index is 1.51. The molecule has 0 aliphatic heterocycles. The van der Waals surface area contributed by atoms with Gasteiger partial charge in [-0.1, -0.05) is 48.5 Å². The van der Waals surface area contributed by atoms with Gasteiger partial charge in [-0.15, -0.1) is 0 Å². The van der Waals surface area contributed by atoms with Gasteiger partial charge in [0.05, 0.1) is 0 Å². The summed E-state index contributed by atoms with van der Waals surface area (Å²) in [6.07, 6.45) is -0.893. The number of unbranched alkanes of at least 4 members (excludes halogenated alkanes) is 1. The number of hydrogen-bond donors (Lipinski definition) is 4. The third-order valence-corrected chi connectivity index (χ3v) is 6.23. The summed E-state index contributed by atoms with van der Waals surface area (Å²) in [6.45, 7) is 10.9. The zero-order valence-electron chi connectivity index (χ0n) is 25.2. The van der Waals surface area contributed by atoms with Gasteiger partial charge >= 0.3 is 18.3 Å². The standard InChI is InChI=1S/C31H42N4O7/c1-30(2,3)41-27(37)32-18-12-11-17-25(33-28(38)42-31(4,5)6)26(36)34-35-29(39)40-19-24-22-15-9-7-13-20(22)21-14-8-10-16-23(21)24/h7-10,13-16,24-25H,11-12,17-19H2,1-6H3,(H,32,37)(H,33,38)(H,34,36)(H,35,39). The number of benzene rings is 2. The minimum Gasteiger partial charge on any atom is -0.447 e. The van der Waals surface area contributed by atoms with Crippen LogP contribution in [-0.4, -0.2) is 54.6 Å². The van der Waals surface area contributed by atoms with Gasteiger partial charge in [0, 0.05) is 12.5 Å². The zero-order valence-corrected chi connectivity index (χ0v) is 25.2. The first-order valence-corrected chi connectivity index (χ1v) is 14.1. The van der Waals surface area contributed by atoms with Gasteiger partial charge in [-0.2, -0.15) is 0 Å². The molecule has 0 spiro atoms. The predicted molar refractivity (Wildman–Crippen MR) is 158 cm³/mol. The molecule has 42 heavy (non-hydrogen) atoms. The van der Waals surface area contributed by atoms with Crippen molar-refractivity contribution in [2.75, 3.05) is 13.2 Å². The van der Waals surface area contributed by atoms with E-state index in [9.17, 15) is 19.2 Å². The van der Waals surface area contributed by atoms with Crippen molar-refractivity contribution in [2.45, 2.75) is 84.0 Å². The zero-order chi connectivity index (χ0) is 30.9. The van der Waals surface area contributed by atoms with Gasteiger partial charge in [-0.3, -0.25) is 10.2 Å². The summed E-state index contributed by atoms with van der Waals surface area (Å²) in [6, 6.07) is 14.9. The Hall–Kier alpha value is -4.28. The molecule has 0 saturated heterocycles. The number of carbonyl (C=O) groups is 4. The molecule has 2 aromatic carbocycles. The number of nitrogens with one attached hydrogen (secondary N) is 4. The smallest absolute Gasteiger partial charge is 0.426 e. The lowest BCUT2D eigenvalue weighted by molar-refractivity contribution is -0.124. The molecule has 0 fully saturated rings. The van der Waals surface area contributed by atoms with Crippen LogP contribution in [0.2, 0.25) is 0 Å². The molecule has 1 aliphatic carbocycles. The second kappa shape index (κ2) is 14.1. The number of fused-ring (bicyclic) bond motifs is 3. The van der Waals surface area contributed by atoms with E-state index in [2.05, 4.69) is 21.5 Å². The van der Waals surface area contributed by atoms with Crippen molar-refractivity contribution >= 4 is 24.2 Å². The van der Waals surface area contributed by atoms with E-state index in [1.165, 1.54) is 0 Å². The van der Waals surface area contributed by atoms with E-state index in [0.717, 1.165) is 22.3 Å². The van der Waals surface area contributed by atoms with Crippen molar-refractivity contribution < 1.29 is 33.4 Å². The topological polar surface area (TPSA) is 144 Å². The Bertz CT molecular complexity index is 1220. The first-order chi connectivity index (χ1) is 19.7. The van der Waals surface area contributed by atoms with Crippen molar-refractivity contribution in [3.63, 3.8) is 0 Å². The number of ether oxygens (including phenoxy) is 3. The molecule has 0 heterocycles. The van der Waals surface area contributed by atoms with Crippen molar-refractivity contribution in [1.29, 1.82) is 0 Å². The van der Waals surface area contributed by atoms with E-state index in [0.29, 0.717) is 19.4 Å². The van der Waals surface area contributed by atoms with E-state index in [1.807, 2.05) is 48.5 Å². The van der Waals surface area contributed by atoms with Crippen LogP contribution in [0.5, 0.6) is 0 Å². The van der Waals surface area contributed by atoms with E-state index in [-0.39, 0.29) is 18.9 Å². The molecule has 11 nitrogen and oxygen atoms in total. The van der Waals surface area contributed by atoms with Crippen molar-refractivity contribution in [1.82, 2.24) is 21.5 Å². The summed E-state index contributed by atoms with van der Waals surface area (Å²) in [5.41, 5.74) is 7.57. The quantitative estimate of drug-likeness (QED) is 0.182. The molecule has 2 aromatic rings. The van der Waals surface area contributed by atoms with Crippen LogP contribution >= 0.6 is 0 Å². The molecule has 0 aromatic heterocycles. The average Bonchev–Trinajstić information content (AvgIpc) is 3.21. The molecule has 0 saturated carbocycles. The summed E-state index contributed by atoms with van der Waals surface area (Å²) in [7, 11) is 0. The molecule has 1 aliphatic rings. The Labute approximate surface area is 247 Å². The molecule has 4 amide bonds. The van der Waals surface area contributed by atoms with Gasteiger partial charge in [-0.05, 0) is 83.1 Å². The minimum absolute atomic E-state index is 0.0833. The van der Waals surface area contributed by atoms with Gasteiger partial charge in [0.2, 0.25) is 0 Å². The van der Waals surface area contributed by atoms with E-state index < -0.39 is 41.4 Å². The van der Waals surface area contributed by atoms with Gasteiger partial charge in [-0.25, -0.2) is 19.8 Å². The number of alkyl carbamates (subject to hydrolysis) is 2. The van der Waals surface area contributed by atoms with Crippen LogP contribution in [0.15, 0.2) is 48.5 Å². The minimum atomic E-state index is -1.00. The maximum absolute atomic E-state index is 12.9. The third-order valence-electron chi connectivity index (χ3n) is 6.23. The molecule has 0 bridgehead atoms. The van der Waals surface area contributed by atoms with Gasteiger partial charge in [0.15, 0.2) is 0 Å². The van der Waals surface area contributed by atoms with Crippen LogP contribution in [-0.2, 0) is 19.0 Å². The van der Waals surface area contributed by atoms with Crippen LogP contribution in [0.4, 0.5) is 14.4 Å². The Morgan fingerprint density at radius 3 is 1.86 bits per heavy atom. The first-order valence-electron chi connectivity index (χ1n) is 14.1. The molecule has 0 radical (unpaired) electrons. The number of hydrogen-bond acceptors (Lipinski definition) is 7. The van der Waals surface area contributed by atoms with E-state index in [1.54, 1.807) is 41.5 Å². The molecule has 11 heteroatoms. The maximum Gasteiger partial charge on any atom is 0.426 e. The van der Waals surface area contributed by atoms with Gasteiger partial charge < -0.3 is 24.8 Å². The van der Waals surface area contributed by atoms with Crippen molar-refractivity contribution in [3.05, 3.63) is 59.7 Å². The summed E-state index contributed by atoms with van der Waals surface area (Å²) in [4.78, 5) is 49.6. The molecule has 1 unspecified atom stereocenters. The monoisotopic (exact) mass is 582 g/mol. The highest BCUT2D eigenvalue weighted by molar-refractivity contribution is 5.87. The normalized spacial score (nSPS) is 13.2. The highest BCUT2D eigenvalue weighted by Crippen LogP contribution is 2.44. The first kappa shape index (κ1) is 32.2. The molecular formula is C31H42N4O7. The molecule has 3 rings (SSSR count). The predicted octanol–water partition coefficient (Wildman–Crippen LogP) is 5.14. The largest absolute Gasteiger partial charge is 0.447 e. The SMILES string of the molecule is CC(C)(C)OC(=O)NCCCCC(NC(=O)OC(C)(C)C)C(=O)NNC(=O)OCC1c2ccccc2-c2ccccc21. The van der Waals surface area contributed by atoms with E-state index in [4.69, 9.17) is 14.2 Å². The van der Waals surface area contributed by atoms with Gasteiger partial charge in [0.25, 0.3) is 5.91 Å². The molecule has 1 atom stereocenters. The number of rotatable bonds is 9. The fourth-order valence-corrected chi connectivity index (χ4v) is 4.53. The van der Waals surface area contributed by atoms with Gasteiger partial charge in [0.1, 0.15) is 23.9 Å². The third kappa shape index (κ3) is 9.97. The summed E-state index contributed by atoms with van der Waals surface area (Å²) < 4.78 is 15.9. The fourth-order valence-electron chi connectivity index (χ4n) is 4.53. The van der Waals surface area contributed by atoms with Crippen molar-refractivity contribution in [3.8, 4) is 11.1 Å². The molecule has 4 N–H and O–H groups in total. The Morgan fingerprint density at radius 1 is 0.738 bits per heavy atom. The summed E-state index contributed by atoms with van der Waals surface area (Å²) in [5.74, 6) is -0.774. The Kier molecular flexibility index (Phi) is 10.8. The van der Waals surface area contributed by atoms with Crippen LogP contribution in [0, 0.1) is 0 Å². The fraction of sp³-hybridized carbons (Fsp3) is 0.484. The lowest BCUT2D eigenvalue weighted by Crippen LogP contribution is -2.53. The number of amides is 4. The lowest BCUT2D eigenvalue weighted by Gasteiger charge is -2.23. The highest BCUT2D eigenvalue weighted by atomic mass is 16.6. The lowest BCUT2D eigenvalue weighted by atomic mass is 9.98. The van der Waals surface area contributed by atoms with Crippen LogP contribution in [0.1, 0.15) is 77.8 Å². The summed E-state index contributed by atoms with van der Waals surface area (Å²) in [5, 5.41) is 5.21. The molecule has 228 valence electrons. The second-order valence-electron chi connectivity index (χ2n) is 12.1. The van der Waals surface area contributed by atoms with Crippen LogP contribution < -0.4 is 21.5 Å². The van der Waals surface area contributed by atoms with E-state index >= 15 is 0 Å². The second-order valence-corrected chi connectivity index (χ2v) is 12.1. The van der Waals surface area contributed by atoms with Crippen molar-refractivity contribution in [2.24, 2.45) is 0 Å². The average molecular weight is 583 g/mol.